The summed E-state index contributed by atoms with van der Waals surface area (Å²) in [6, 6.07) is 3.94. The summed E-state index contributed by atoms with van der Waals surface area (Å²) in [7, 11) is 0. The Morgan fingerprint density at radius 2 is 1.74 bits per heavy atom. The van der Waals surface area contributed by atoms with E-state index in [0.717, 1.165) is 32.0 Å². The molecule has 5 heteroatoms. The molecular formula is C18H22F2N2O. The summed E-state index contributed by atoms with van der Waals surface area (Å²) in [5, 5.41) is 0. The largest absolute Gasteiger partial charge is 0.338 e. The van der Waals surface area contributed by atoms with Gasteiger partial charge in [0, 0.05) is 38.3 Å². The third-order valence-corrected chi connectivity index (χ3v) is 5.35. The molecule has 4 aliphatic rings. The van der Waals surface area contributed by atoms with E-state index in [9.17, 15) is 13.6 Å². The maximum Gasteiger partial charge on any atom is 0.227 e. The van der Waals surface area contributed by atoms with Crippen molar-refractivity contribution >= 4 is 5.91 Å². The minimum atomic E-state index is -0.538. The highest BCUT2D eigenvalue weighted by Gasteiger charge is 2.42. The molecule has 0 N–H and O–H groups in total. The van der Waals surface area contributed by atoms with Crippen LogP contribution < -0.4 is 0 Å². The first-order valence-electron chi connectivity index (χ1n) is 8.56. The summed E-state index contributed by atoms with van der Waals surface area (Å²) in [5.74, 6) is -0.0375. The first-order valence-corrected chi connectivity index (χ1v) is 8.56. The molecule has 0 radical (unpaired) electrons. The monoisotopic (exact) mass is 320 g/mol. The minimum absolute atomic E-state index is 0.0471. The van der Waals surface area contributed by atoms with Gasteiger partial charge in [-0.3, -0.25) is 9.69 Å². The summed E-state index contributed by atoms with van der Waals surface area (Å²) in [6.45, 7) is 2.93. The fraction of sp³-hybridized carbons (Fsp3) is 0.611. The first-order chi connectivity index (χ1) is 11.1. The van der Waals surface area contributed by atoms with E-state index >= 15 is 0 Å². The molecule has 0 spiro atoms. The maximum absolute atomic E-state index is 13.4. The Morgan fingerprint density at radius 1 is 1.00 bits per heavy atom. The molecule has 2 bridgehead atoms. The van der Waals surface area contributed by atoms with Crippen molar-refractivity contribution in [2.24, 2.45) is 11.8 Å². The third-order valence-electron chi connectivity index (χ3n) is 5.35. The molecule has 3 heterocycles. The number of halogens is 2. The van der Waals surface area contributed by atoms with Gasteiger partial charge >= 0.3 is 0 Å². The van der Waals surface area contributed by atoms with E-state index in [0.29, 0.717) is 30.5 Å². The predicted molar refractivity (Wildman–Crippen MR) is 82.6 cm³/mol. The van der Waals surface area contributed by atoms with Crippen LogP contribution in [0, 0.1) is 23.5 Å². The van der Waals surface area contributed by atoms with E-state index in [-0.39, 0.29) is 12.0 Å². The molecule has 5 rings (SSSR count). The lowest BCUT2D eigenvalue weighted by molar-refractivity contribution is -0.140. The van der Waals surface area contributed by atoms with Gasteiger partial charge in [-0.2, -0.15) is 0 Å². The van der Waals surface area contributed by atoms with Crippen LogP contribution in [0.5, 0.6) is 0 Å². The lowest BCUT2D eigenvalue weighted by Crippen LogP contribution is -2.48. The number of benzene rings is 1. The first kappa shape index (κ1) is 15.1. The second-order valence-electron chi connectivity index (χ2n) is 7.33. The van der Waals surface area contributed by atoms with Crippen molar-refractivity contribution in [2.45, 2.75) is 38.3 Å². The molecule has 23 heavy (non-hydrogen) atoms. The molecule has 4 fully saturated rings. The number of hydrogen-bond donors (Lipinski definition) is 0. The number of carbonyl (C=O) groups excluding carboxylic acids is 1. The summed E-state index contributed by atoms with van der Waals surface area (Å²) >= 11 is 0. The fourth-order valence-corrected chi connectivity index (χ4v) is 4.04. The zero-order chi connectivity index (χ0) is 16.0. The number of fused-ring (bicyclic) bond motifs is 4. The van der Waals surface area contributed by atoms with E-state index in [1.165, 1.54) is 25.0 Å². The Labute approximate surface area is 135 Å². The summed E-state index contributed by atoms with van der Waals surface area (Å²) < 4.78 is 26.8. The highest BCUT2D eigenvalue weighted by atomic mass is 19.1. The van der Waals surface area contributed by atoms with Crippen molar-refractivity contribution in [3.63, 3.8) is 0 Å². The number of carbonyl (C=O) groups is 1. The molecule has 1 aromatic rings. The molecule has 1 saturated carbocycles. The number of piperidine rings is 1. The van der Waals surface area contributed by atoms with Crippen LogP contribution in [0.2, 0.25) is 0 Å². The van der Waals surface area contributed by atoms with Crippen molar-refractivity contribution in [3.05, 3.63) is 35.4 Å². The molecular weight excluding hydrogens is 298 g/mol. The zero-order valence-corrected chi connectivity index (χ0v) is 13.2. The molecule has 3 nitrogen and oxygen atoms in total. The average molecular weight is 320 g/mol. The van der Waals surface area contributed by atoms with Gasteiger partial charge in [-0.1, -0.05) is 0 Å². The van der Waals surface area contributed by atoms with Crippen molar-refractivity contribution in [2.75, 3.05) is 19.6 Å². The van der Waals surface area contributed by atoms with E-state index < -0.39 is 11.6 Å². The highest BCUT2D eigenvalue weighted by molar-refractivity contribution is 5.80. The Morgan fingerprint density at radius 3 is 2.43 bits per heavy atom. The van der Waals surface area contributed by atoms with E-state index in [1.807, 2.05) is 0 Å². The van der Waals surface area contributed by atoms with Crippen LogP contribution in [0.1, 0.15) is 31.2 Å². The average Bonchev–Trinajstić information content (AvgIpc) is 3.29. The van der Waals surface area contributed by atoms with E-state index in [2.05, 4.69) is 9.80 Å². The Kier molecular flexibility index (Phi) is 3.84. The normalized spacial score (nSPS) is 28.3. The Bertz CT molecular complexity index is 597. The van der Waals surface area contributed by atoms with E-state index in [4.69, 9.17) is 0 Å². The molecule has 124 valence electrons. The van der Waals surface area contributed by atoms with Crippen LogP contribution in [0.4, 0.5) is 8.78 Å². The highest BCUT2D eigenvalue weighted by Crippen LogP contribution is 2.35. The minimum Gasteiger partial charge on any atom is -0.338 e. The van der Waals surface area contributed by atoms with Gasteiger partial charge in [-0.15, -0.1) is 0 Å². The summed E-state index contributed by atoms with van der Waals surface area (Å²) in [4.78, 5) is 16.9. The number of nitrogens with zero attached hydrogens (tertiary/aromatic N) is 2. The molecule has 0 unspecified atom stereocenters. The zero-order valence-electron chi connectivity index (χ0n) is 13.2. The smallest absolute Gasteiger partial charge is 0.227 e. The van der Waals surface area contributed by atoms with Gasteiger partial charge in [0.1, 0.15) is 11.6 Å². The molecule has 1 amide bonds. The van der Waals surface area contributed by atoms with Crippen molar-refractivity contribution in [1.29, 1.82) is 0 Å². The van der Waals surface area contributed by atoms with Gasteiger partial charge < -0.3 is 4.90 Å². The molecule has 3 aliphatic heterocycles. The lowest BCUT2D eigenvalue weighted by Gasteiger charge is -2.36. The SMILES string of the molecule is O=C1[C@H]2CC[C@H](CN(Cc3cc(F)cc(F)c3)C2)N1CC1CC1. The number of amides is 1. The quantitative estimate of drug-likeness (QED) is 0.852. The molecule has 1 aliphatic carbocycles. The van der Waals surface area contributed by atoms with Crippen molar-refractivity contribution in [3.8, 4) is 0 Å². The predicted octanol–water partition coefficient (Wildman–Crippen LogP) is 2.80. The van der Waals surface area contributed by atoms with Gasteiger partial charge in [0.15, 0.2) is 0 Å². The van der Waals surface area contributed by atoms with E-state index in [1.54, 1.807) is 0 Å². The lowest BCUT2D eigenvalue weighted by atomic mass is 9.94. The van der Waals surface area contributed by atoms with Crippen LogP contribution in [0.15, 0.2) is 18.2 Å². The van der Waals surface area contributed by atoms with Gasteiger partial charge in [0.2, 0.25) is 5.91 Å². The number of hydrogen-bond acceptors (Lipinski definition) is 2. The van der Waals surface area contributed by atoms with Crippen LogP contribution in [-0.4, -0.2) is 41.4 Å². The number of rotatable bonds is 4. The van der Waals surface area contributed by atoms with Crippen LogP contribution in [0.25, 0.3) is 0 Å². The molecule has 2 atom stereocenters. The van der Waals surface area contributed by atoms with Gasteiger partial charge in [-0.05, 0) is 49.3 Å². The van der Waals surface area contributed by atoms with Crippen LogP contribution in [0.3, 0.4) is 0 Å². The summed E-state index contributed by atoms with van der Waals surface area (Å²) in [6.07, 6.45) is 4.48. The van der Waals surface area contributed by atoms with Gasteiger partial charge in [0.05, 0.1) is 5.92 Å². The van der Waals surface area contributed by atoms with Gasteiger partial charge in [0.25, 0.3) is 0 Å². The molecule has 1 aromatic carbocycles. The second kappa shape index (κ2) is 5.86. The van der Waals surface area contributed by atoms with Crippen LogP contribution in [-0.2, 0) is 11.3 Å². The molecule has 0 aromatic heterocycles. The maximum atomic E-state index is 13.4. The Hall–Kier alpha value is -1.49. The van der Waals surface area contributed by atoms with Crippen molar-refractivity contribution in [1.82, 2.24) is 9.80 Å². The summed E-state index contributed by atoms with van der Waals surface area (Å²) in [5.41, 5.74) is 0.644. The third kappa shape index (κ3) is 3.25. The second-order valence-corrected chi connectivity index (χ2v) is 7.33. The van der Waals surface area contributed by atoms with Gasteiger partial charge in [-0.25, -0.2) is 8.78 Å². The van der Waals surface area contributed by atoms with Crippen molar-refractivity contribution < 1.29 is 13.6 Å². The molecule has 3 saturated heterocycles. The topological polar surface area (TPSA) is 23.6 Å². The fourth-order valence-electron chi connectivity index (χ4n) is 4.04. The standard InChI is InChI=1S/C18H22F2N2O/c19-15-5-13(6-16(20)7-15)8-21-10-14-3-4-17(11-21)22(18(14)23)9-12-1-2-12/h5-7,12,14,17H,1-4,8-11H2/t14-,17+/m0/s1. The van der Waals surface area contributed by atoms with Crippen LogP contribution >= 0.6 is 0 Å². The Balaban J connectivity index is 1.49.